The fourth-order valence-electron chi connectivity index (χ4n) is 3.68. The topological polar surface area (TPSA) is 82.1 Å². The SMILES string of the molecule is Cc1ccc(C)c(C(=O)COC(=O)[C@@H]2CC(=O)N(c3ccc4c(c3)OCCO4)C2)c1. The monoisotopic (exact) mass is 409 g/mol. The molecule has 2 aromatic carbocycles. The molecular weight excluding hydrogens is 386 g/mol. The van der Waals surface area contributed by atoms with Crippen molar-refractivity contribution in [1.82, 2.24) is 0 Å². The maximum atomic E-state index is 12.5. The molecule has 0 N–H and O–H groups in total. The lowest BCUT2D eigenvalue weighted by molar-refractivity contribution is -0.147. The maximum Gasteiger partial charge on any atom is 0.311 e. The average molecular weight is 409 g/mol. The van der Waals surface area contributed by atoms with Crippen molar-refractivity contribution in [2.24, 2.45) is 5.92 Å². The van der Waals surface area contributed by atoms with Gasteiger partial charge in [0, 0.05) is 30.3 Å². The van der Waals surface area contributed by atoms with Crippen LogP contribution in [0.15, 0.2) is 36.4 Å². The number of ether oxygens (including phenoxy) is 3. The van der Waals surface area contributed by atoms with E-state index in [1.807, 2.05) is 26.0 Å². The molecule has 1 atom stereocenters. The Labute approximate surface area is 174 Å². The zero-order chi connectivity index (χ0) is 21.3. The van der Waals surface area contributed by atoms with Crippen LogP contribution in [0.5, 0.6) is 11.5 Å². The van der Waals surface area contributed by atoms with Crippen LogP contribution in [0.4, 0.5) is 5.69 Å². The minimum absolute atomic E-state index is 0.0466. The summed E-state index contributed by atoms with van der Waals surface area (Å²) in [5.41, 5.74) is 2.99. The number of anilines is 1. The molecule has 1 amide bonds. The number of ketones is 1. The number of benzene rings is 2. The van der Waals surface area contributed by atoms with E-state index in [-0.39, 0.29) is 31.3 Å². The highest BCUT2D eigenvalue weighted by Gasteiger charge is 2.37. The molecule has 0 unspecified atom stereocenters. The second kappa shape index (κ2) is 8.18. The highest BCUT2D eigenvalue weighted by molar-refractivity contribution is 6.01. The van der Waals surface area contributed by atoms with Gasteiger partial charge in [0.2, 0.25) is 11.7 Å². The molecule has 7 heteroatoms. The molecule has 0 aromatic heterocycles. The minimum Gasteiger partial charge on any atom is -0.486 e. The Kier molecular flexibility index (Phi) is 5.44. The van der Waals surface area contributed by atoms with Gasteiger partial charge >= 0.3 is 5.97 Å². The van der Waals surface area contributed by atoms with Crippen LogP contribution in [0, 0.1) is 19.8 Å². The van der Waals surface area contributed by atoms with Crippen LogP contribution in [0.2, 0.25) is 0 Å². The zero-order valence-corrected chi connectivity index (χ0v) is 17.0. The highest BCUT2D eigenvalue weighted by atomic mass is 16.6. The number of carbonyl (C=O) groups is 3. The molecule has 0 bridgehead atoms. The standard InChI is InChI=1S/C23H23NO6/c1-14-3-4-15(2)18(9-14)19(25)13-30-23(27)16-10-22(26)24(12-16)17-5-6-20-21(11-17)29-8-7-28-20/h3-6,9,11,16H,7-8,10,12-13H2,1-2H3/t16-/m1/s1. The molecule has 2 aromatic rings. The Hall–Kier alpha value is -3.35. The van der Waals surface area contributed by atoms with Gasteiger partial charge < -0.3 is 19.1 Å². The number of Topliss-reactive ketones (excluding diaryl/α,β-unsaturated/α-hetero) is 1. The van der Waals surface area contributed by atoms with Crippen molar-refractivity contribution in [3.05, 3.63) is 53.1 Å². The molecular formula is C23H23NO6. The normalized spacial score (nSPS) is 17.7. The van der Waals surface area contributed by atoms with Gasteiger partial charge in [-0.3, -0.25) is 14.4 Å². The van der Waals surface area contributed by atoms with Gasteiger partial charge in [0.15, 0.2) is 18.1 Å². The first-order chi connectivity index (χ1) is 14.4. The van der Waals surface area contributed by atoms with Gasteiger partial charge in [-0.05, 0) is 37.6 Å². The lowest BCUT2D eigenvalue weighted by Crippen LogP contribution is -2.27. The van der Waals surface area contributed by atoms with Crippen molar-refractivity contribution in [2.75, 3.05) is 31.3 Å². The van der Waals surface area contributed by atoms with Gasteiger partial charge in [-0.15, -0.1) is 0 Å². The number of aryl methyl sites for hydroxylation is 2. The van der Waals surface area contributed by atoms with Crippen LogP contribution >= 0.6 is 0 Å². The molecule has 1 saturated heterocycles. The third-order valence-corrected chi connectivity index (χ3v) is 5.33. The third kappa shape index (κ3) is 4.01. The molecule has 1 fully saturated rings. The predicted molar refractivity (Wildman–Crippen MR) is 109 cm³/mol. The summed E-state index contributed by atoms with van der Waals surface area (Å²) < 4.78 is 16.3. The number of esters is 1. The van der Waals surface area contributed by atoms with Crippen LogP contribution in [0.3, 0.4) is 0 Å². The summed E-state index contributed by atoms with van der Waals surface area (Å²) in [6, 6.07) is 10.8. The van der Waals surface area contributed by atoms with Crippen LogP contribution in [-0.2, 0) is 14.3 Å². The summed E-state index contributed by atoms with van der Waals surface area (Å²) >= 11 is 0. The van der Waals surface area contributed by atoms with Gasteiger partial charge in [-0.2, -0.15) is 0 Å². The van der Waals surface area contributed by atoms with Crippen LogP contribution in [0.1, 0.15) is 27.9 Å². The van der Waals surface area contributed by atoms with Gasteiger partial charge in [-0.25, -0.2) is 0 Å². The van der Waals surface area contributed by atoms with E-state index in [1.165, 1.54) is 4.90 Å². The fraction of sp³-hybridized carbons (Fsp3) is 0.348. The maximum absolute atomic E-state index is 12.5. The highest BCUT2D eigenvalue weighted by Crippen LogP contribution is 2.36. The first kappa shape index (κ1) is 19.9. The second-order valence-electron chi connectivity index (χ2n) is 7.58. The van der Waals surface area contributed by atoms with Gasteiger partial charge in [0.05, 0.1) is 5.92 Å². The first-order valence-corrected chi connectivity index (χ1v) is 9.89. The van der Waals surface area contributed by atoms with E-state index in [9.17, 15) is 14.4 Å². The summed E-state index contributed by atoms with van der Waals surface area (Å²) in [6.45, 7) is 4.55. The van der Waals surface area contributed by atoms with E-state index in [4.69, 9.17) is 14.2 Å². The summed E-state index contributed by atoms with van der Waals surface area (Å²) in [5.74, 6) is -0.361. The van der Waals surface area contributed by atoms with Crippen molar-refractivity contribution in [1.29, 1.82) is 0 Å². The quantitative estimate of drug-likeness (QED) is 0.558. The Balaban J connectivity index is 1.38. The Morgan fingerprint density at radius 1 is 1.07 bits per heavy atom. The van der Waals surface area contributed by atoms with Crippen molar-refractivity contribution in [3.8, 4) is 11.5 Å². The molecule has 4 rings (SSSR count). The minimum atomic E-state index is -0.614. The van der Waals surface area contributed by atoms with E-state index in [0.717, 1.165) is 11.1 Å². The Bertz CT molecular complexity index is 1010. The lowest BCUT2D eigenvalue weighted by Gasteiger charge is -2.22. The fourth-order valence-corrected chi connectivity index (χ4v) is 3.68. The van der Waals surface area contributed by atoms with E-state index >= 15 is 0 Å². The zero-order valence-electron chi connectivity index (χ0n) is 17.0. The van der Waals surface area contributed by atoms with Gasteiger partial charge in [-0.1, -0.05) is 17.7 Å². The number of amides is 1. The molecule has 0 spiro atoms. The van der Waals surface area contributed by atoms with Crippen molar-refractivity contribution < 1.29 is 28.6 Å². The van der Waals surface area contributed by atoms with E-state index in [1.54, 1.807) is 24.3 Å². The van der Waals surface area contributed by atoms with Gasteiger partial charge in [0.25, 0.3) is 0 Å². The third-order valence-electron chi connectivity index (χ3n) is 5.33. The molecule has 30 heavy (non-hydrogen) atoms. The van der Waals surface area contributed by atoms with Crippen LogP contribution in [-0.4, -0.2) is 44.0 Å². The molecule has 2 aliphatic rings. The van der Waals surface area contributed by atoms with E-state index in [0.29, 0.717) is 36.0 Å². The van der Waals surface area contributed by atoms with Crippen molar-refractivity contribution in [2.45, 2.75) is 20.3 Å². The van der Waals surface area contributed by atoms with Crippen molar-refractivity contribution in [3.63, 3.8) is 0 Å². The van der Waals surface area contributed by atoms with Crippen molar-refractivity contribution >= 4 is 23.3 Å². The number of hydrogen-bond acceptors (Lipinski definition) is 6. The summed E-state index contributed by atoms with van der Waals surface area (Å²) in [6.07, 6.45) is 0.0466. The van der Waals surface area contributed by atoms with Crippen LogP contribution < -0.4 is 14.4 Å². The molecule has 2 heterocycles. The number of hydrogen-bond donors (Lipinski definition) is 0. The number of nitrogens with zero attached hydrogens (tertiary/aromatic N) is 1. The predicted octanol–water partition coefficient (Wildman–Crippen LogP) is 2.85. The number of carbonyl (C=O) groups excluding carboxylic acids is 3. The summed E-state index contributed by atoms with van der Waals surface area (Å²) in [4.78, 5) is 39.0. The average Bonchev–Trinajstić information content (AvgIpc) is 3.14. The summed E-state index contributed by atoms with van der Waals surface area (Å²) in [7, 11) is 0. The lowest BCUT2D eigenvalue weighted by atomic mass is 10.0. The molecule has 156 valence electrons. The Morgan fingerprint density at radius 2 is 1.83 bits per heavy atom. The number of rotatable bonds is 5. The summed E-state index contributed by atoms with van der Waals surface area (Å²) in [5, 5.41) is 0. The molecule has 2 aliphatic heterocycles. The molecule has 0 radical (unpaired) electrons. The smallest absolute Gasteiger partial charge is 0.311 e. The number of fused-ring (bicyclic) bond motifs is 1. The molecule has 0 saturated carbocycles. The van der Waals surface area contributed by atoms with E-state index in [2.05, 4.69) is 0 Å². The van der Waals surface area contributed by atoms with Crippen LogP contribution in [0.25, 0.3) is 0 Å². The molecule has 0 aliphatic carbocycles. The largest absolute Gasteiger partial charge is 0.486 e. The van der Waals surface area contributed by atoms with Gasteiger partial charge in [0.1, 0.15) is 13.2 Å². The first-order valence-electron chi connectivity index (χ1n) is 9.89. The second-order valence-corrected chi connectivity index (χ2v) is 7.58. The Morgan fingerprint density at radius 3 is 2.63 bits per heavy atom. The van der Waals surface area contributed by atoms with E-state index < -0.39 is 11.9 Å². The molecule has 7 nitrogen and oxygen atoms in total.